The molecule has 0 aromatic rings. The Kier molecular flexibility index (Phi) is 8.46. The summed E-state index contributed by atoms with van der Waals surface area (Å²) in [6.07, 6.45) is 4.96. The van der Waals surface area contributed by atoms with Crippen LogP contribution >= 0.6 is 0 Å². The highest BCUT2D eigenvalue weighted by Crippen LogP contribution is 1.98. The van der Waals surface area contributed by atoms with Gasteiger partial charge in [0.15, 0.2) is 0 Å². The van der Waals surface area contributed by atoms with Gasteiger partial charge in [-0.1, -0.05) is 20.3 Å². The van der Waals surface area contributed by atoms with Gasteiger partial charge in [-0.3, -0.25) is 0 Å². The van der Waals surface area contributed by atoms with E-state index in [0.29, 0.717) is 6.04 Å². The molecule has 0 amide bonds. The highest BCUT2D eigenvalue weighted by molar-refractivity contribution is 4.55. The summed E-state index contributed by atoms with van der Waals surface area (Å²) in [7, 11) is 0. The van der Waals surface area contributed by atoms with E-state index in [-0.39, 0.29) is 0 Å². The van der Waals surface area contributed by atoms with E-state index in [1.807, 2.05) is 0 Å². The summed E-state index contributed by atoms with van der Waals surface area (Å²) in [4.78, 5) is 0. The molecule has 80 valence electrons. The van der Waals surface area contributed by atoms with Crippen LogP contribution in [0, 0.1) is 5.92 Å². The number of hydrogen-bond donors (Lipinski definition) is 2. The van der Waals surface area contributed by atoms with Gasteiger partial charge in [0, 0.05) is 6.04 Å². The zero-order valence-electron chi connectivity index (χ0n) is 9.47. The summed E-state index contributed by atoms with van der Waals surface area (Å²) >= 11 is 0. The quantitative estimate of drug-likeness (QED) is 0.570. The average molecular weight is 186 g/mol. The predicted octanol–water partition coefficient (Wildman–Crippen LogP) is 2.14. The van der Waals surface area contributed by atoms with Crippen molar-refractivity contribution in [2.45, 2.75) is 52.5 Å². The van der Waals surface area contributed by atoms with Crippen LogP contribution in [0.2, 0.25) is 0 Å². The fraction of sp³-hybridized carbons (Fsp3) is 1.00. The van der Waals surface area contributed by atoms with E-state index >= 15 is 0 Å². The van der Waals surface area contributed by atoms with E-state index in [1.54, 1.807) is 0 Å². The largest absolute Gasteiger partial charge is 0.328 e. The molecule has 13 heavy (non-hydrogen) atoms. The molecular formula is C11H26N2. The van der Waals surface area contributed by atoms with Crippen LogP contribution in [0.25, 0.3) is 0 Å². The molecule has 2 heteroatoms. The second-order valence-corrected chi connectivity index (χ2v) is 4.41. The normalized spacial score (nSPS) is 13.6. The molecule has 0 aliphatic rings. The average Bonchev–Trinajstić information content (AvgIpc) is 2.01. The van der Waals surface area contributed by atoms with Crippen molar-refractivity contribution in [3.05, 3.63) is 0 Å². The molecular weight excluding hydrogens is 160 g/mol. The molecule has 0 aliphatic heterocycles. The number of rotatable bonds is 8. The Morgan fingerprint density at radius 1 is 1.00 bits per heavy atom. The lowest BCUT2D eigenvalue weighted by Crippen LogP contribution is -2.19. The summed E-state index contributed by atoms with van der Waals surface area (Å²) < 4.78 is 0. The van der Waals surface area contributed by atoms with Gasteiger partial charge < -0.3 is 11.1 Å². The van der Waals surface area contributed by atoms with Crippen LogP contribution in [0.1, 0.15) is 46.5 Å². The third-order valence-electron chi connectivity index (χ3n) is 2.16. The van der Waals surface area contributed by atoms with E-state index < -0.39 is 0 Å². The molecule has 1 atom stereocenters. The minimum atomic E-state index is 0.371. The molecule has 0 fully saturated rings. The van der Waals surface area contributed by atoms with E-state index in [2.05, 4.69) is 26.1 Å². The molecule has 0 aliphatic carbocycles. The monoisotopic (exact) mass is 186 g/mol. The SMILES string of the molecule is CC(C)CCNCCCCC(C)N. The van der Waals surface area contributed by atoms with Crippen molar-refractivity contribution in [1.29, 1.82) is 0 Å². The predicted molar refractivity (Wildman–Crippen MR) is 59.8 cm³/mol. The van der Waals surface area contributed by atoms with Crippen LogP contribution in [0.5, 0.6) is 0 Å². The summed E-state index contributed by atoms with van der Waals surface area (Å²) in [6.45, 7) is 8.91. The summed E-state index contributed by atoms with van der Waals surface area (Å²) in [5.74, 6) is 0.816. The molecule has 0 saturated heterocycles. The third-order valence-corrected chi connectivity index (χ3v) is 2.16. The first kappa shape index (κ1) is 12.9. The standard InChI is InChI=1S/C11H26N2/c1-10(2)7-9-13-8-5-4-6-11(3)12/h10-11,13H,4-9,12H2,1-3H3. The Labute approximate surface area is 83.3 Å². The lowest BCUT2D eigenvalue weighted by Gasteiger charge is -2.07. The molecule has 0 rings (SSSR count). The van der Waals surface area contributed by atoms with Crippen LogP contribution in [0.15, 0.2) is 0 Å². The van der Waals surface area contributed by atoms with Crippen molar-refractivity contribution in [1.82, 2.24) is 5.32 Å². The lowest BCUT2D eigenvalue weighted by atomic mass is 10.1. The highest BCUT2D eigenvalue weighted by Gasteiger charge is 1.95. The van der Waals surface area contributed by atoms with Crippen LogP contribution in [0.4, 0.5) is 0 Å². The Morgan fingerprint density at radius 3 is 2.23 bits per heavy atom. The van der Waals surface area contributed by atoms with Crippen LogP contribution in [-0.4, -0.2) is 19.1 Å². The molecule has 0 bridgehead atoms. The number of hydrogen-bond acceptors (Lipinski definition) is 2. The second kappa shape index (κ2) is 8.52. The molecule has 2 nitrogen and oxygen atoms in total. The zero-order chi connectivity index (χ0) is 10.1. The minimum absolute atomic E-state index is 0.371. The van der Waals surface area contributed by atoms with Crippen molar-refractivity contribution < 1.29 is 0 Å². The van der Waals surface area contributed by atoms with Gasteiger partial charge in [-0.25, -0.2) is 0 Å². The molecule has 3 N–H and O–H groups in total. The summed E-state index contributed by atoms with van der Waals surface area (Å²) in [5.41, 5.74) is 5.65. The first-order valence-corrected chi connectivity index (χ1v) is 5.59. The van der Waals surface area contributed by atoms with Gasteiger partial charge >= 0.3 is 0 Å². The van der Waals surface area contributed by atoms with Gasteiger partial charge in [0.2, 0.25) is 0 Å². The van der Waals surface area contributed by atoms with Gasteiger partial charge in [-0.05, 0) is 45.2 Å². The molecule has 0 radical (unpaired) electrons. The van der Waals surface area contributed by atoms with Crippen LogP contribution in [-0.2, 0) is 0 Å². The zero-order valence-corrected chi connectivity index (χ0v) is 9.47. The number of nitrogens with one attached hydrogen (secondary N) is 1. The Hall–Kier alpha value is -0.0800. The van der Waals surface area contributed by atoms with Crippen molar-refractivity contribution >= 4 is 0 Å². The topological polar surface area (TPSA) is 38.0 Å². The Balaban J connectivity index is 2.92. The first-order chi connectivity index (χ1) is 6.13. The second-order valence-electron chi connectivity index (χ2n) is 4.41. The number of unbranched alkanes of at least 4 members (excludes halogenated alkanes) is 1. The molecule has 0 heterocycles. The van der Waals surface area contributed by atoms with E-state index in [0.717, 1.165) is 25.4 Å². The third kappa shape index (κ3) is 11.9. The van der Waals surface area contributed by atoms with Gasteiger partial charge in [-0.15, -0.1) is 0 Å². The van der Waals surface area contributed by atoms with Crippen molar-refractivity contribution in [3.8, 4) is 0 Å². The van der Waals surface area contributed by atoms with Crippen molar-refractivity contribution in [2.75, 3.05) is 13.1 Å². The molecule has 1 unspecified atom stereocenters. The molecule has 0 aromatic heterocycles. The van der Waals surface area contributed by atoms with E-state index in [1.165, 1.54) is 19.3 Å². The van der Waals surface area contributed by atoms with Gasteiger partial charge in [0.1, 0.15) is 0 Å². The first-order valence-electron chi connectivity index (χ1n) is 5.59. The minimum Gasteiger partial charge on any atom is -0.328 e. The van der Waals surface area contributed by atoms with E-state index in [4.69, 9.17) is 5.73 Å². The summed E-state index contributed by atoms with van der Waals surface area (Å²) in [6, 6.07) is 0.371. The molecule has 0 spiro atoms. The van der Waals surface area contributed by atoms with Crippen LogP contribution < -0.4 is 11.1 Å². The Morgan fingerprint density at radius 2 is 1.69 bits per heavy atom. The summed E-state index contributed by atoms with van der Waals surface area (Å²) in [5, 5.41) is 3.45. The Bertz CT molecular complexity index is 88.3. The van der Waals surface area contributed by atoms with Crippen LogP contribution in [0.3, 0.4) is 0 Å². The van der Waals surface area contributed by atoms with Crippen molar-refractivity contribution in [2.24, 2.45) is 11.7 Å². The van der Waals surface area contributed by atoms with Gasteiger partial charge in [0.25, 0.3) is 0 Å². The smallest absolute Gasteiger partial charge is 0.00104 e. The highest BCUT2D eigenvalue weighted by atomic mass is 14.8. The van der Waals surface area contributed by atoms with Crippen molar-refractivity contribution in [3.63, 3.8) is 0 Å². The molecule has 0 aromatic carbocycles. The maximum absolute atomic E-state index is 5.65. The fourth-order valence-electron chi connectivity index (χ4n) is 1.23. The lowest BCUT2D eigenvalue weighted by molar-refractivity contribution is 0.515. The van der Waals surface area contributed by atoms with E-state index in [9.17, 15) is 0 Å². The molecule has 0 saturated carbocycles. The van der Waals surface area contributed by atoms with Gasteiger partial charge in [0.05, 0.1) is 0 Å². The van der Waals surface area contributed by atoms with Gasteiger partial charge in [-0.2, -0.15) is 0 Å². The number of nitrogens with two attached hydrogens (primary N) is 1. The maximum Gasteiger partial charge on any atom is 0.00104 e. The fourth-order valence-corrected chi connectivity index (χ4v) is 1.23. The maximum atomic E-state index is 5.65.